The predicted molar refractivity (Wildman–Crippen MR) is 127 cm³/mol. The van der Waals surface area contributed by atoms with E-state index in [0.717, 1.165) is 55.7 Å². The fourth-order valence-electron chi connectivity index (χ4n) is 3.10. The summed E-state index contributed by atoms with van der Waals surface area (Å²) in [6.07, 6.45) is 7.02. The van der Waals surface area contributed by atoms with E-state index >= 15 is 0 Å². The minimum Gasteiger partial charge on any atom is -0.467 e. The molecule has 0 spiro atoms. The summed E-state index contributed by atoms with van der Waals surface area (Å²) in [6.45, 7) is 7.72. The lowest BCUT2D eigenvalue weighted by molar-refractivity contribution is 0.105. The maximum Gasteiger partial charge on any atom is 0.191 e. The molecular weight excluding hydrogens is 481 g/mol. The SMILES string of the molecule is CCNC(=NCc1ccc(N2CCCC2)nc1)NCCCOCc1ccco1.I. The Kier molecular flexibility index (Phi) is 10.9. The highest BCUT2D eigenvalue weighted by molar-refractivity contribution is 14.0. The first-order valence-corrected chi connectivity index (χ1v) is 10.2. The highest BCUT2D eigenvalue weighted by Gasteiger charge is 2.12. The summed E-state index contributed by atoms with van der Waals surface area (Å²) in [4.78, 5) is 11.6. The number of aromatic nitrogens is 1. The Labute approximate surface area is 190 Å². The summed E-state index contributed by atoms with van der Waals surface area (Å²) in [5, 5.41) is 6.62. The quantitative estimate of drug-likeness (QED) is 0.219. The maximum absolute atomic E-state index is 5.60. The molecule has 3 heterocycles. The standard InChI is InChI=1S/C21H31N5O2.HI/c1-2-22-21(23-10-6-13-27-17-19-7-5-14-28-19)25-16-18-8-9-20(24-15-18)26-11-3-4-12-26;/h5,7-9,14-15H,2-4,6,10-13,16-17H2,1H3,(H2,22,23,25);1H. The van der Waals surface area contributed by atoms with Crippen molar-refractivity contribution in [2.24, 2.45) is 4.99 Å². The summed E-state index contributed by atoms with van der Waals surface area (Å²) < 4.78 is 10.8. The first-order valence-electron chi connectivity index (χ1n) is 10.2. The summed E-state index contributed by atoms with van der Waals surface area (Å²) in [5.41, 5.74) is 1.11. The Hall–Kier alpha value is -1.81. The normalized spacial score (nSPS) is 14.0. The van der Waals surface area contributed by atoms with Crippen molar-refractivity contribution >= 4 is 35.8 Å². The van der Waals surface area contributed by atoms with Gasteiger partial charge in [-0.15, -0.1) is 24.0 Å². The fourth-order valence-corrected chi connectivity index (χ4v) is 3.10. The molecule has 1 saturated heterocycles. The zero-order valence-corrected chi connectivity index (χ0v) is 19.4. The average molecular weight is 513 g/mol. The van der Waals surface area contributed by atoms with Crippen LogP contribution < -0.4 is 15.5 Å². The van der Waals surface area contributed by atoms with Gasteiger partial charge in [0.2, 0.25) is 0 Å². The van der Waals surface area contributed by atoms with Gasteiger partial charge in [-0.1, -0.05) is 6.07 Å². The molecule has 0 amide bonds. The monoisotopic (exact) mass is 513 g/mol. The van der Waals surface area contributed by atoms with Crippen LogP contribution in [0, 0.1) is 0 Å². The molecule has 1 aliphatic rings. The van der Waals surface area contributed by atoms with Gasteiger partial charge in [0.15, 0.2) is 5.96 Å². The molecule has 0 saturated carbocycles. The molecule has 2 aromatic rings. The van der Waals surface area contributed by atoms with E-state index in [1.807, 2.05) is 18.3 Å². The number of anilines is 1. The fraction of sp³-hybridized carbons (Fsp3) is 0.524. The van der Waals surface area contributed by atoms with E-state index in [2.05, 4.69) is 44.6 Å². The first kappa shape index (κ1) is 23.5. The Bertz CT molecular complexity index is 700. The van der Waals surface area contributed by atoms with Crippen LogP contribution >= 0.6 is 24.0 Å². The van der Waals surface area contributed by atoms with Gasteiger partial charge in [-0.25, -0.2) is 9.98 Å². The smallest absolute Gasteiger partial charge is 0.191 e. The summed E-state index contributed by atoms with van der Waals surface area (Å²) in [6, 6.07) is 8.01. The molecule has 0 bridgehead atoms. The molecule has 0 unspecified atom stereocenters. The molecule has 1 fully saturated rings. The van der Waals surface area contributed by atoms with Crippen molar-refractivity contribution in [2.45, 2.75) is 39.3 Å². The minimum atomic E-state index is 0. The lowest BCUT2D eigenvalue weighted by Gasteiger charge is -2.16. The van der Waals surface area contributed by atoms with Crippen LogP contribution in [0.25, 0.3) is 0 Å². The molecule has 0 aliphatic carbocycles. The minimum absolute atomic E-state index is 0. The lowest BCUT2D eigenvalue weighted by atomic mass is 10.3. The van der Waals surface area contributed by atoms with Crippen molar-refractivity contribution in [3.05, 3.63) is 48.0 Å². The number of pyridine rings is 1. The van der Waals surface area contributed by atoms with Gasteiger partial charge in [0.25, 0.3) is 0 Å². The number of furan rings is 1. The van der Waals surface area contributed by atoms with Crippen LogP contribution in [-0.2, 0) is 17.9 Å². The van der Waals surface area contributed by atoms with E-state index < -0.39 is 0 Å². The first-order chi connectivity index (χ1) is 13.8. The largest absolute Gasteiger partial charge is 0.467 e. The molecule has 3 rings (SSSR count). The molecule has 2 N–H and O–H groups in total. The number of rotatable bonds is 10. The summed E-state index contributed by atoms with van der Waals surface area (Å²) in [5.74, 6) is 2.74. The zero-order valence-electron chi connectivity index (χ0n) is 17.1. The Morgan fingerprint density at radius 2 is 2.10 bits per heavy atom. The number of ether oxygens (including phenoxy) is 1. The summed E-state index contributed by atoms with van der Waals surface area (Å²) in [7, 11) is 0. The number of aliphatic imine (C=N–C) groups is 1. The Balaban J connectivity index is 0.00000300. The lowest BCUT2D eigenvalue weighted by Crippen LogP contribution is -2.38. The van der Waals surface area contributed by atoms with Crippen LogP contribution in [0.2, 0.25) is 0 Å². The second kappa shape index (κ2) is 13.4. The molecule has 1 aliphatic heterocycles. The predicted octanol–water partition coefficient (Wildman–Crippen LogP) is 3.55. The number of hydrogen-bond acceptors (Lipinski definition) is 5. The molecule has 160 valence electrons. The van der Waals surface area contributed by atoms with Crippen molar-refractivity contribution in [3.8, 4) is 0 Å². The van der Waals surface area contributed by atoms with Crippen LogP contribution in [-0.4, -0.2) is 43.7 Å². The molecule has 0 radical (unpaired) electrons. The number of guanidine groups is 1. The van der Waals surface area contributed by atoms with Gasteiger partial charge >= 0.3 is 0 Å². The van der Waals surface area contributed by atoms with Crippen molar-refractivity contribution in [1.29, 1.82) is 0 Å². The van der Waals surface area contributed by atoms with Crippen LogP contribution in [0.5, 0.6) is 0 Å². The second-order valence-corrected chi connectivity index (χ2v) is 6.83. The van der Waals surface area contributed by atoms with E-state index in [4.69, 9.17) is 9.15 Å². The highest BCUT2D eigenvalue weighted by Crippen LogP contribution is 2.17. The van der Waals surface area contributed by atoms with E-state index in [9.17, 15) is 0 Å². The van der Waals surface area contributed by atoms with Gasteiger partial charge in [0.1, 0.15) is 18.2 Å². The number of nitrogens with one attached hydrogen (secondary N) is 2. The zero-order chi connectivity index (χ0) is 19.4. The van der Waals surface area contributed by atoms with E-state index in [1.165, 1.54) is 12.8 Å². The van der Waals surface area contributed by atoms with Crippen molar-refractivity contribution in [3.63, 3.8) is 0 Å². The molecule has 2 aromatic heterocycles. The van der Waals surface area contributed by atoms with Crippen molar-refractivity contribution < 1.29 is 9.15 Å². The van der Waals surface area contributed by atoms with Crippen LogP contribution in [0.15, 0.2) is 46.1 Å². The molecule has 7 nitrogen and oxygen atoms in total. The number of halogens is 1. The molecule has 29 heavy (non-hydrogen) atoms. The van der Waals surface area contributed by atoms with Gasteiger partial charge in [0.05, 0.1) is 12.8 Å². The highest BCUT2D eigenvalue weighted by atomic mass is 127. The Morgan fingerprint density at radius 1 is 1.24 bits per heavy atom. The maximum atomic E-state index is 5.60. The average Bonchev–Trinajstić information content (AvgIpc) is 3.43. The van der Waals surface area contributed by atoms with Crippen molar-refractivity contribution in [1.82, 2.24) is 15.6 Å². The molecule has 0 atom stereocenters. The third-order valence-electron chi connectivity index (χ3n) is 4.59. The molecular formula is C21H32IN5O2. The van der Waals surface area contributed by atoms with Gasteiger partial charge in [-0.2, -0.15) is 0 Å². The van der Waals surface area contributed by atoms with Gasteiger partial charge < -0.3 is 24.7 Å². The number of nitrogens with zero attached hydrogens (tertiary/aromatic N) is 3. The third kappa shape index (κ3) is 8.22. The van der Waals surface area contributed by atoms with Gasteiger partial charge in [-0.3, -0.25) is 0 Å². The van der Waals surface area contributed by atoms with Crippen LogP contribution in [0.3, 0.4) is 0 Å². The third-order valence-corrected chi connectivity index (χ3v) is 4.59. The van der Waals surface area contributed by atoms with Crippen molar-refractivity contribution in [2.75, 3.05) is 37.7 Å². The van der Waals surface area contributed by atoms with E-state index in [1.54, 1.807) is 6.26 Å². The van der Waals surface area contributed by atoms with E-state index in [0.29, 0.717) is 19.8 Å². The molecule has 0 aromatic carbocycles. The van der Waals surface area contributed by atoms with Crippen LogP contribution in [0.1, 0.15) is 37.5 Å². The van der Waals surface area contributed by atoms with Gasteiger partial charge in [-0.05, 0) is 49.9 Å². The summed E-state index contributed by atoms with van der Waals surface area (Å²) >= 11 is 0. The second-order valence-electron chi connectivity index (χ2n) is 6.83. The topological polar surface area (TPSA) is 74.9 Å². The van der Waals surface area contributed by atoms with Gasteiger partial charge in [0, 0.05) is 39.0 Å². The number of hydrogen-bond donors (Lipinski definition) is 2. The Morgan fingerprint density at radius 3 is 2.79 bits per heavy atom. The molecule has 8 heteroatoms. The van der Waals surface area contributed by atoms with Crippen LogP contribution in [0.4, 0.5) is 5.82 Å². The van der Waals surface area contributed by atoms with E-state index in [-0.39, 0.29) is 24.0 Å².